The Morgan fingerprint density at radius 3 is 2.52 bits per heavy atom. The normalized spacial score (nSPS) is 11.7. The van der Waals surface area contributed by atoms with Gasteiger partial charge < -0.3 is 9.84 Å². The SMILES string of the molecule is CCC(O)c1ccc(OCc2ccc(C#N)cc2F)cc1. The van der Waals surface area contributed by atoms with Crippen LogP contribution in [0.1, 0.15) is 36.1 Å². The lowest BCUT2D eigenvalue weighted by Gasteiger charge is -2.10. The molecule has 4 heteroatoms. The van der Waals surface area contributed by atoms with E-state index in [2.05, 4.69) is 0 Å². The van der Waals surface area contributed by atoms with E-state index in [1.807, 2.05) is 13.0 Å². The molecular weight excluding hydrogens is 269 g/mol. The van der Waals surface area contributed by atoms with Gasteiger partial charge in [-0.05, 0) is 36.2 Å². The van der Waals surface area contributed by atoms with Gasteiger partial charge in [0.25, 0.3) is 0 Å². The molecule has 0 spiro atoms. The number of benzene rings is 2. The number of nitrogens with zero attached hydrogens (tertiary/aromatic N) is 1. The molecule has 1 atom stereocenters. The topological polar surface area (TPSA) is 53.2 Å². The van der Waals surface area contributed by atoms with Gasteiger partial charge in [0.1, 0.15) is 18.2 Å². The molecule has 1 unspecified atom stereocenters. The first-order valence-electron chi connectivity index (χ1n) is 6.73. The summed E-state index contributed by atoms with van der Waals surface area (Å²) in [5, 5.41) is 18.4. The van der Waals surface area contributed by atoms with Crippen molar-refractivity contribution in [3.63, 3.8) is 0 Å². The smallest absolute Gasteiger partial charge is 0.131 e. The summed E-state index contributed by atoms with van der Waals surface area (Å²) in [7, 11) is 0. The predicted molar refractivity (Wildman–Crippen MR) is 77.1 cm³/mol. The van der Waals surface area contributed by atoms with Gasteiger partial charge in [0.2, 0.25) is 0 Å². The van der Waals surface area contributed by atoms with E-state index in [0.29, 0.717) is 17.7 Å². The number of ether oxygens (including phenoxy) is 1. The van der Waals surface area contributed by atoms with Crippen molar-refractivity contribution in [2.24, 2.45) is 0 Å². The van der Waals surface area contributed by atoms with E-state index < -0.39 is 11.9 Å². The Hall–Kier alpha value is -2.38. The molecule has 0 bridgehead atoms. The molecule has 0 radical (unpaired) electrons. The summed E-state index contributed by atoms with van der Waals surface area (Å²) in [5.41, 5.74) is 1.51. The molecule has 2 aromatic carbocycles. The lowest BCUT2D eigenvalue weighted by Crippen LogP contribution is -2.00. The molecule has 3 nitrogen and oxygen atoms in total. The Labute approximate surface area is 123 Å². The van der Waals surface area contributed by atoms with Crippen molar-refractivity contribution in [2.75, 3.05) is 0 Å². The predicted octanol–water partition coefficient (Wildman–Crippen LogP) is 3.72. The Balaban J connectivity index is 2.02. The highest BCUT2D eigenvalue weighted by atomic mass is 19.1. The molecular formula is C17H16FNO2. The summed E-state index contributed by atoms with van der Waals surface area (Å²) in [6, 6.07) is 13.3. The monoisotopic (exact) mass is 285 g/mol. The van der Waals surface area contributed by atoms with Crippen LogP contribution in [0.3, 0.4) is 0 Å². The van der Waals surface area contributed by atoms with E-state index >= 15 is 0 Å². The molecule has 0 aliphatic heterocycles. The van der Waals surface area contributed by atoms with E-state index in [4.69, 9.17) is 10.00 Å². The van der Waals surface area contributed by atoms with E-state index in [1.165, 1.54) is 6.07 Å². The van der Waals surface area contributed by atoms with Crippen LogP contribution in [-0.2, 0) is 6.61 Å². The average molecular weight is 285 g/mol. The fourth-order valence-corrected chi connectivity index (χ4v) is 1.92. The molecule has 0 fully saturated rings. The quantitative estimate of drug-likeness (QED) is 0.911. The fourth-order valence-electron chi connectivity index (χ4n) is 1.92. The van der Waals surface area contributed by atoms with Crippen LogP contribution in [0, 0.1) is 17.1 Å². The lowest BCUT2D eigenvalue weighted by atomic mass is 10.1. The van der Waals surface area contributed by atoms with Gasteiger partial charge in [-0.25, -0.2) is 4.39 Å². The summed E-state index contributed by atoms with van der Waals surface area (Å²) in [5.74, 6) is 0.151. The molecule has 108 valence electrons. The van der Waals surface area contributed by atoms with Gasteiger partial charge in [-0.2, -0.15) is 5.26 Å². The summed E-state index contributed by atoms with van der Waals surface area (Å²) < 4.78 is 19.2. The van der Waals surface area contributed by atoms with E-state index in [0.717, 1.165) is 5.56 Å². The average Bonchev–Trinajstić information content (AvgIpc) is 2.53. The minimum atomic E-state index is -0.477. The van der Waals surface area contributed by atoms with Gasteiger partial charge in [0, 0.05) is 5.56 Å². The number of rotatable bonds is 5. The fraction of sp³-hybridized carbons (Fsp3) is 0.235. The Bertz CT molecular complexity index is 647. The Kier molecular flexibility index (Phi) is 4.91. The summed E-state index contributed by atoms with van der Waals surface area (Å²) >= 11 is 0. The number of hydrogen-bond donors (Lipinski definition) is 1. The standard InChI is InChI=1S/C17H16FNO2/c1-2-17(20)13-5-7-15(8-6-13)21-11-14-4-3-12(10-19)9-16(14)18/h3-9,17,20H,2,11H2,1H3. The zero-order valence-corrected chi connectivity index (χ0v) is 11.7. The van der Waals surface area contributed by atoms with Gasteiger partial charge in [-0.1, -0.05) is 25.1 Å². The molecule has 0 aliphatic rings. The Morgan fingerprint density at radius 2 is 1.95 bits per heavy atom. The second kappa shape index (κ2) is 6.87. The first-order chi connectivity index (χ1) is 10.1. The van der Waals surface area contributed by atoms with Crippen LogP contribution in [0.25, 0.3) is 0 Å². The third-order valence-corrected chi connectivity index (χ3v) is 3.23. The van der Waals surface area contributed by atoms with Crippen LogP contribution >= 0.6 is 0 Å². The molecule has 1 N–H and O–H groups in total. The molecule has 21 heavy (non-hydrogen) atoms. The van der Waals surface area contributed by atoms with Crippen LogP contribution in [0.5, 0.6) is 5.75 Å². The summed E-state index contributed by atoms with van der Waals surface area (Å²) in [4.78, 5) is 0. The second-order valence-electron chi connectivity index (χ2n) is 4.70. The van der Waals surface area contributed by atoms with Gasteiger partial charge in [0.05, 0.1) is 17.7 Å². The highest BCUT2D eigenvalue weighted by molar-refractivity contribution is 5.33. The summed E-state index contributed by atoms with van der Waals surface area (Å²) in [6.45, 7) is 2.00. The minimum absolute atomic E-state index is 0.0905. The second-order valence-corrected chi connectivity index (χ2v) is 4.70. The zero-order valence-electron chi connectivity index (χ0n) is 11.7. The number of aliphatic hydroxyl groups excluding tert-OH is 1. The molecule has 0 saturated heterocycles. The highest BCUT2D eigenvalue weighted by Crippen LogP contribution is 2.21. The maximum atomic E-state index is 13.7. The maximum Gasteiger partial charge on any atom is 0.131 e. The zero-order chi connectivity index (χ0) is 15.2. The van der Waals surface area contributed by atoms with Crippen molar-refractivity contribution in [3.8, 4) is 11.8 Å². The van der Waals surface area contributed by atoms with Crippen molar-refractivity contribution in [2.45, 2.75) is 26.1 Å². The number of aliphatic hydroxyl groups is 1. The van der Waals surface area contributed by atoms with Crippen molar-refractivity contribution in [1.29, 1.82) is 5.26 Å². The molecule has 0 heterocycles. The maximum absolute atomic E-state index is 13.7. The molecule has 0 aromatic heterocycles. The van der Waals surface area contributed by atoms with Crippen molar-refractivity contribution >= 4 is 0 Å². The molecule has 2 aromatic rings. The lowest BCUT2D eigenvalue weighted by molar-refractivity contribution is 0.173. The van der Waals surface area contributed by atoms with Crippen molar-refractivity contribution < 1.29 is 14.2 Å². The van der Waals surface area contributed by atoms with Crippen LogP contribution in [0.4, 0.5) is 4.39 Å². The van der Waals surface area contributed by atoms with Gasteiger partial charge in [0.15, 0.2) is 0 Å². The third kappa shape index (κ3) is 3.80. The van der Waals surface area contributed by atoms with E-state index in [-0.39, 0.29) is 12.2 Å². The molecule has 2 rings (SSSR count). The van der Waals surface area contributed by atoms with Gasteiger partial charge in [-0.3, -0.25) is 0 Å². The number of nitriles is 1. The third-order valence-electron chi connectivity index (χ3n) is 3.23. The molecule has 0 amide bonds. The largest absolute Gasteiger partial charge is 0.489 e. The number of hydrogen-bond acceptors (Lipinski definition) is 3. The Morgan fingerprint density at radius 1 is 1.24 bits per heavy atom. The van der Waals surface area contributed by atoms with Crippen molar-refractivity contribution in [3.05, 3.63) is 65.0 Å². The first kappa shape index (κ1) is 15.0. The van der Waals surface area contributed by atoms with Crippen molar-refractivity contribution in [1.82, 2.24) is 0 Å². The highest BCUT2D eigenvalue weighted by Gasteiger charge is 2.06. The van der Waals surface area contributed by atoms with Crippen LogP contribution < -0.4 is 4.74 Å². The molecule has 0 aliphatic carbocycles. The van der Waals surface area contributed by atoms with E-state index in [9.17, 15) is 9.50 Å². The minimum Gasteiger partial charge on any atom is -0.489 e. The van der Waals surface area contributed by atoms with Crippen LogP contribution in [-0.4, -0.2) is 5.11 Å². The van der Waals surface area contributed by atoms with Gasteiger partial charge in [-0.15, -0.1) is 0 Å². The van der Waals surface area contributed by atoms with Gasteiger partial charge >= 0.3 is 0 Å². The summed E-state index contributed by atoms with van der Waals surface area (Å²) in [6.07, 6.45) is 0.173. The van der Waals surface area contributed by atoms with Crippen LogP contribution in [0.2, 0.25) is 0 Å². The first-order valence-corrected chi connectivity index (χ1v) is 6.73. The number of halogens is 1. The van der Waals surface area contributed by atoms with Crippen LogP contribution in [0.15, 0.2) is 42.5 Å². The van der Waals surface area contributed by atoms with E-state index in [1.54, 1.807) is 36.4 Å². The molecule has 0 saturated carbocycles.